The predicted molar refractivity (Wildman–Crippen MR) is 78.7 cm³/mol. The topological polar surface area (TPSA) is 49.3 Å². The largest absolute Gasteiger partial charge is 0.481 e. The second-order valence-corrected chi connectivity index (χ2v) is 4.00. The number of hydrogen-bond donors (Lipinski definition) is 2. The van der Waals surface area contributed by atoms with E-state index in [0.717, 1.165) is 17.8 Å². The minimum absolute atomic E-state index is 0.292. The zero-order valence-electron chi connectivity index (χ0n) is 11.0. The van der Waals surface area contributed by atoms with Crippen molar-refractivity contribution in [3.63, 3.8) is 0 Å². The number of para-hydroxylation sites is 2. The SMILES string of the molecule is CCCC(=O)O.c1ccc(Nc2ccccc2)cc1. The molecule has 0 bridgehead atoms. The van der Waals surface area contributed by atoms with Crippen LogP contribution in [0.4, 0.5) is 11.4 Å². The normalized spacial score (nSPS) is 9.11. The van der Waals surface area contributed by atoms with Gasteiger partial charge in [0.15, 0.2) is 0 Å². The Morgan fingerprint density at radius 2 is 1.37 bits per heavy atom. The number of carboxylic acid groups (broad SMARTS) is 1. The first-order valence-corrected chi connectivity index (χ1v) is 6.31. The molecule has 0 aliphatic rings. The van der Waals surface area contributed by atoms with Crippen molar-refractivity contribution < 1.29 is 9.90 Å². The molecule has 0 aliphatic carbocycles. The summed E-state index contributed by atoms with van der Waals surface area (Å²) in [7, 11) is 0. The fourth-order valence-electron chi connectivity index (χ4n) is 1.42. The van der Waals surface area contributed by atoms with E-state index in [9.17, 15) is 4.79 Å². The standard InChI is InChI=1S/C12H11N.C4H8O2/c1-3-7-11(8-4-1)13-12-9-5-2-6-10-12;1-2-3-4(5)6/h1-10,13H;2-3H2,1H3,(H,5,6). The molecule has 0 unspecified atom stereocenters. The molecule has 0 saturated heterocycles. The molecule has 0 atom stereocenters. The van der Waals surface area contributed by atoms with E-state index in [-0.39, 0.29) is 0 Å². The maximum Gasteiger partial charge on any atom is 0.303 e. The number of nitrogens with one attached hydrogen (secondary N) is 1. The van der Waals surface area contributed by atoms with Crippen molar-refractivity contribution in [1.29, 1.82) is 0 Å². The lowest BCUT2D eigenvalue weighted by molar-refractivity contribution is -0.137. The number of benzene rings is 2. The van der Waals surface area contributed by atoms with Gasteiger partial charge in [-0.25, -0.2) is 0 Å². The molecule has 0 heterocycles. The molecule has 0 spiro atoms. The first-order valence-electron chi connectivity index (χ1n) is 6.31. The highest BCUT2D eigenvalue weighted by Crippen LogP contribution is 2.14. The van der Waals surface area contributed by atoms with Crippen LogP contribution >= 0.6 is 0 Å². The van der Waals surface area contributed by atoms with Gasteiger partial charge in [-0.15, -0.1) is 0 Å². The van der Waals surface area contributed by atoms with E-state index in [1.807, 2.05) is 67.6 Å². The van der Waals surface area contributed by atoms with Crippen molar-refractivity contribution in [2.24, 2.45) is 0 Å². The highest BCUT2D eigenvalue weighted by Gasteiger charge is 1.90. The molecule has 100 valence electrons. The highest BCUT2D eigenvalue weighted by molar-refractivity contribution is 5.66. The second-order valence-electron chi connectivity index (χ2n) is 4.00. The molecule has 0 amide bonds. The van der Waals surface area contributed by atoms with Crippen molar-refractivity contribution in [1.82, 2.24) is 0 Å². The lowest BCUT2D eigenvalue weighted by Crippen LogP contribution is -1.90. The molecule has 0 saturated carbocycles. The monoisotopic (exact) mass is 257 g/mol. The molecule has 0 aromatic heterocycles. The average Bonchev–Trinajstić information content (AvgIpc) is 2.41. The Balaban J connectivity index is 0.000000258. The zero-order valence-corrected chi connectivity index (χ0v) is 11.0. The predicted octanol–water partition coefficient (Wildman–Crippen LogP) is 4.30. The number of aliphatic carboxylic acids is 1. The maximum atomic E-state index is 9.60. The number of hydrogen-bond acceptors (Lipinski definition) is 2. The van der Waals surface area contributed by atoms with Crippen molar-refractivity contribution in [3.8, 4) is 0 Å². The minimum atomic E-state index is -0.711. The van der Waals surface area contributed by atoms with Gasteiger partial charge < -0.3 is 10.4 Å². The number of carboxylic acids is 1. The van der Waals surface area contributed by atoms with Crippen LogP contribution in [0.25, 0.3) is 0 Å². The quantitative estimate of drug-likeness (QED) is 0.858. The fourth-order valence-corrected chi connectivity index (χ4v) is 1.42. The first-order chi connectivity index (χ1) is 9.22. The summed E-state index contributed by atoms with van der Waals surface area (Å²) in [6.07, 6.45) is 1.02. The molecule has 2 aromatic rings. The van der Waals surface area contributed by atoms with E-state index in [4.69, 9.17) is 5.11 Å². The van der Waals surface area contributed by atoms with Crippen LogP contribution in [0.3, 0.4) is 0 Å². The Labute approximate surface area is 113 Å². The summed E-state index contributed by atoms with van der Waals surface area (Å²) >= 11 is 0. The Hall–Kier alpha value is -2.29. The molecule has 3 heteroatoms. The Kier molecular flexibility index (Phi) is 6.80. The Bertz CT molecular complexity index is 431. The van der Waals surface area contributed by atoms with E-state index in [1.165, 1.54) is 0 Å². The lowest BCUT2D eigenvalue weighted by atomic mass is 10.3. The number of carbonyl (C=O) groups is 1. The molecule has 2 aromatic carbocycles. The average molecular weight is 257 g/mol. The molecule has 2 rings (SSSR count). The molecule has 0 fully saturated rings. The first kappa shape index (κ1) is 14.8. The van der Waals surface area contributed by atoms with E-state index >= 15 is 0 Å². The van der Waals surface area contributed by atoms with E-state index in [1.54, 1.807) is 0 Å². The van der Waals surface area contributed by atoms with Crippen LogP contribution in [-0.4, -0.2) is 11.1 Å². The maximum absolute atomic E-state index is 9.60. The van der Waals surface area contributed by atoms with Crippen molar-refractivity contribution in [3.05, 3.63) is 60.7 Å². The van der Waals surface area contributed by atoms with Crippen LogP contribution in [0.2, 0.25) is 0 Å². The van der Waals surface area contributed by atoms with Crippen molar-refractivity contribution in [2.75, 3.05) is 5.32 Å². The van der Waals surface area contributed by atoms with Gasteiger partial charge in [0.2, 0.25) is 0 Å². The third-order valence-corrected chi connectivity index (χ3v) is 2.30. The third-order valence-electron chi connectivity index (χ3n) is 2.30. The van der Waals surface area contributed by atoms with Gasteiger partial charge in [0.05, 0.1) is 0 Å². The van der Waals surface area contributed by atoms with Crippen LogP contribution in [0.15, 0.2) is 60.7 Å². The zero-order chi connectivity index (χ0) is 13.9. The third kappa shape index (κ3) is 6.88. The van der Waals surface area contributed by atoms with Gasteiger partial charge >= 0.3 is 5.97 Å². The smallest absolute Gasteiger partial charge is 0.303 e. The van der Waals surface area contributed by atoms with Gasteiger partial charge in [-0.05, 0) is 30.7 Å². The minimum Gasteiger partial charge on any atom is -0.481 e. The highest BCUT2D eigenvalue weighted by atomic mass is 16.4. The molecule has 0 radical (unpaired) electrons. The summed E-state index contributed by atoms with van der Waals surface area (Å²) in [6, 6.07) is 20.3. The lowest BCUT2D eigenvalue weighted by Gasteiger charge is -2.04. The Morgan fingerprint density at radius 3 is 1.63 bits per heavy atom. The van der Waals surface area contributed by atoms with E-state index < -0.39 is 5.97 Å². The van der Waals surface area contributed by atoms with Gasteiger partial charge in [0.1, 0.15) is 0 Å². The van der Waals surface area contributed by atoms with E-state index in [2.05, 4.69) is 5.32 Å². The van der Waals surface area contributed by atoms with Gasteiger partial charge in [-0.1, -0.05) is 43.3 Å². The van der Waals surface area contributed by atoms with Crippen LogP contribution in [0, 0.1) is 0 Å². The molecule has 3 nitrogen and oxygen atoms in total. The van der Waals surface area contributed by atoms with Crippen molar-refractivity contribution in [2.45, 2.75) is 19.8 Å². The summed E-state index contributed by atoms with van der Waals surface area (Å²) in [5, 5.41) is 11.2. The summed E-state index contributed by atoms with van der Waals surface area (Å²) in [5.41, 5.74) is 2.24. The van der Waals surface area contributed by atoms with Gasteiger partial charge in [-0.2, -0.15) is 0 Å². The molecular weight excluding hydrogens is 238 g/mol. The van der Waals surface area contributed by atoms with Crippen LogP contribution < -0.4 is 5.32 Å². The van der Waals surface area contributed by atoms with Crippen LogP contribution in [-0.2, 0) is 4.79 Å². The molecule has 2 N–H and O–H groups in total. The molecular formula is C16H19NO2. The summed E-state index contributed by atoms with van der Waals surface area (Å²) in [4.78, 5) is 9.60. The van der Waals surface area contributed by atoms with Gasteiger partial charge in [0, 0.05) is 17.8 Å². The van der Waals surface area contributed by atoms with Crippen LogP contribution in [0.5, 0.6) is 0 Å². The summed E-state index contributed by atoms with van der Waals surface area (Å²) in [6.45, 7) is 1.84. The number of anilines is 2. The van der Waals surface area contributed by atoms with E-state index in [0.29, 0.717) is 6.42 Å². The summed E-state index contributed by atoms with van der Waals surface area (Å²) < 4.78 is 0. The fraction of sp³-hybridized carbons (Fsp3) is 0.188. The van der Waals surface area contributed by atoms with Crippen LogP contribution in [0.1, 0.15) is 19.8 Å². The van der Waals surface area contributed by atoms with Crippen molar-refractivity contribution >= 4 is 17.3 Å². The number of rotatable bonds is 4. The molecule has 0 aliphatic heterocycles. The van der Waals surface area contributed by atoms with Gasteiger partial charge in [0.25, 0.3) is 0 Å². The van der Waals surface area contributed by atoms with Gasteiger partial charge in [-0.3, -0.25) is 4.79 Å². The molecule has 19 heavy (non-hydrogen) atoms. The summed E-state index contributed by atoms with van der Waals surface area (Å²) in [5.74, 6) is -0.711. The Morgan fingerprint density at radius 1 is 0.947 bits per heavy atom. The second kappa shape index (κ2) is 8.75.